The Hall–Kier alpha value is -0.150. The molecule has 0 aromatic heterocycles. The lowest BCUT2D eigenvalue weighted by Crippen LogP contribution is -2.22. The van der Waals surface area contributed by atoms with Gasteiger partial charge < -0.3 is 9.47 Å². The SMILES string of the molecule is CC(=S)OC1CC(C)OC1C. The first-order valence-corrected chi connectivity index (χ1v) is 4.33. The normalized spacial score (nSPS) is 37.2. The summed E-state index contributed by atoms with van der Waals surface area (Å²) in [5, 5.41) is 0.611. The molecule has 11 heavy (non-hydrogen) atoms. The quantitative estimate of drug-likeness (QED) is 0.566. The van der Waals surface area contributed by atoms with Crippen LogP contribution in [-0.4, -0.2) is 23.4 Å². The number of rotatable bonds is 1. The fraction of sp³-hybridized carbons (Fsp3) is 0.875. The van der Waals surface area contributed by atoms with Gasteiger partial charge in [-0.25, -0.2) is 0 Å². The lowest BCUT2D eigenvalue weighted by molar-refractivity contribution is 0.0335. The average molecular weight is 174 g/mol. The van der Waals surface area contributed by atoms with Crippen LogP contribution in [0.15, 0.2) is 0 Å². The third-order valence-electron chi connectivity index (χ3n) is 1.85. The predicted molar refractivity (Wildman–Crippen MR) is 47.8 cm³/mol. The number of hydrogen-bond acceptors (Lipinski definition) is 3. The number of thiocarbonyl (C=S) groups is 1. The molecule has 2 nitrogen and oxygen atoms in total. The Labute approximate surface area is 72.9 Å². The summed E-state index contributed by atoms with van der Waals surface area (Å²) in [6.07, 6.45) is 1.62. The summed E-state index contributed by atoms with van der Waals surface area (Å²) in [6, 6.07) is 0. The van der Waals surface area contributed by atoms with Gasteiger partial charge in [0.2, 0.25) is 0 Å². The van der Waals surface area contributed by atoms with E-state index in [1.807, 2.05) is 6.92 Å². The van der Waals surface area contributed by atoms with Gasteiger partial charge in [-0.05, 0) is 26.1 Å². The summed E-state index contributed by atoms with van der Waals surface area (Å²) >= 11 is 4.85. The predicted octanol–water partition coefficient (Wildman–Crippen LogP) is 1.92. The van der Waals surface area contributed by atoms with E-state index in [0.29, 0.717) is 11.2 Å². The summed E-state index contributed by atoms with van der Waals surface area (Å²) < 4.78 is 10.9. The van der Waals surface area contributed by atoms with Crippen molar-refractivity contribution in [1.29, 1.82) is 0 Å². The van der Waals surface area contributed by atoms with Gasteiger partial charge in [0.05, 0.1) is 12.2 Å². The van der Waals surface area contributed by atoms with Crippen LogP contribution in [0, 0.1) is 0 Å². The smallest absolute Gasteiger partial charge is 0.157 e. The van der Waals surface area contributed by atoms with E-state index in [-0.39, 0.29) is 12.2 Å². The van der Waals surface area contributed by atoms with E-state index in [1.165, 1.54) is 0 Å². The topological polar surface area (TPSA) is 18.5 Å². The van der Waals surface area contributed by atoms with Crippen LogP contribution in [0.5, 0.6) is 0 Å². The van der Waals surface area contributed by atoms with Gasteiger partial charge in [0, 0.05) is 13.3 Å². The Morgan fingerprint density at radius 1 is 1.55 bits per heavy atom. The van der Waals surface area contributed by atoms with Crippen molar-refractivity contribution in [3.8, 4) is 0 Å². The van der Waals surface area contributed by atoms with E-state index in [9.17, 15) is 0 Å². The minimum Gasteiger partial charge on any atom is -0.481 e. The molecule has 1 saturated heterocycles. The maximum atomic E-state index is 5.49. The molecule has 64 valence electrons. The van der Waals surface area contributed by atoms with Crippen molar-refractivity contribution in [1.82, 2.24) is 0 Å². The van der Waals surface area contributed by atoms with Crippen LogP contribution in [0.2, 0.25) is 0 Å². The Morgan fingerprint density at radius 2 is 2.18 bits per heavy atom. The number of ether oxygens (including phenoxy) is 2. The average Bonchev–Trinajstić information content (AvgIpc) is 2.09. The molecule has 1 heterocycles. The molecule has 0 radical (unpaired) electrons. The second-order valence-corrected chi connectivity index (χ2v) is 3.61. The zero-order valence-electron chi connectivity index (χ0n) is 7.16. The number of hydrogen-bond donors (Lipinski definition) is 0. The molecule has 3 atom stereocenters. The van der Waals surface area contributed by atoms with E-state index in [0.717, 1.165) is 6.42 Å². The van der Waals surface area contributed by atoms with E-state index < -0.39 is 0 Å². The summed E-state index contributed by atoms with van der Waals surface area (Å²) in [4.78, 5) is 0. The molecule has 3 unspecified atom stereocenters. The van der Waals surface area contributed by atoms with Crippen molar-refractivity contribution in [2.45, 2.75) is 45.5 Å². The third kappa shape index (κ3) is 2.42. The summed E-state index contributed by atoms with van der Waals surface area (Å²) in [7, 11) is 0. The van der Waals surface area contributed by atoms with Crippen molar-refractivity contribution in [3.05, 3.63) is 0 Å². The lowest BCUT2D eigenvalue weighted by atomic mass is 10.2. The van der Waals surface area contributed by atoms with Crippen LogP contribution in [0.4, 0.5) is 0 Å². The van der Waals surface area contributed by atoms with Crippen LogP contribution in [0.1, 0.15) is 27.2 Å². The molecule has 3 heteroatoms. The first-order chi connectivity index (χ1) is 5.09. The van der Waals surface area contributed by atoms with Crippen molar-refractivity contribution in [2.24, 2.45) is 0 Å². The summed E-state index contributed by atoms with van der Waals surface area (Å²) in [5.74, 6) is 0. The molecule has 0 N–H and O–H groups in total. The molecule has 0 aliphatic carbocycles. The zero-order chi connectivity index (χ0) is 8.43. The Kier molecular flexibility index (Phi) is 2.84. The van der Waals surface area contributed by atoms with Crippen LogP contribution >= 0.6 is 12.2 Å². The molecular weight excluding hydrogens is 160 g/mol. The standard InChI is InChI=1S/C8H14O2S/c1-5-4-8(6(2)9-5)10-7(3)11/h5-6,8H,4H2,1-3H3. The molecule has 1 aliphatic heterocycles. The fourth-order valence-electron chi connectivity index (χ4n) is 1.39. The molecule has 1 fully saturated rings. The highest BCUT2D eigenvalue weighted by Crippen LogP contribution is 2.22. The van der Waals surface area contributed by atoms with Gasteiger partial charge in [-0.2, -0.15) is 0 Å². The minimum absolute atomic E-state index is 0.169. The molecule has 1 rings (SSSR count). The van der Waals surface area contributed by atoms with Crippen LogP contribution in [0.25, 0.3) is 0 Å². The molecule has 0 saturated carbocycles. The maximum absolute atomic E-state index is 5.49. The monoisotopic (exact) mass is 174 g/mol. The summed E-state index contributed by atoms with van der Waals surface area (Å²) in [6.45, 7) is 5.87. The molecule has 0 aromatic rings. The van der Waals surface area contributed by atoms with Crippen LogP contribution < -0.4 is 0 Å². The highest BCUT2D eigenvalue weighted by molar-refractivity contribution is 7.80. The molecular formula is C8H14O2S. The first-order valence-electron chi connectivity index (χ1n) is 3.92. The minimum atomic E-state index is 0.169. The highest BCUT2D eigenvalue weighted by atomic mass is 32.1. The zero-order valence-corrected chi connectivity index (χ0v) is 7.98. The largest absolute Gasteiger partial charge is 0.481 e. The van der Waals surface area contributed by atoms with Gasteiger partial charge in [0.15, 0.2) is 5.05 Å². The molecule has 0 amide bonds. The Balaban J connectivity index is 2.40. The fourth-order valence-corrected chi connectivity index (χ4v) is 1.51. The van der Waals surface area contributed by atoms with E-state index in [1.54, 1.807) is 6.92 Å². The van der Waals surface area contributed by atoms with Crippen molar-refractivity contribution in [2.75, 3.05) is 0 Å². The highest BCUT2D eigenvalue weighted by Gasteiger charge is 2.30. The molecule has 0 bridgehead atoms. The molecule has 0 aromatic carbocycles. The van der Waals surface area contributed by atoms with Crippen LogP contribution in [0.3, 0.4) is 0 Å². The van der Waals surface area contributed by atoms with Crippen molar-refractivity contribution in [3.63, 3.8) is 0 Å². The van der Waals surface area contributed by atoms with E-state index in [2.05, 4.69) is 6.92 Å². The first kappa shape index (κ1) is 8.94. The van der Waals surface area contributed by atoms with E-state index in [4.69, 9.17) is 21.7 Å². The van der Waals surface area contributed by atoms with E-state index >= 15 is 0 Å². The lowest BCUT2D eigenvalue weighted by Gasteiger charge is -2.14. The van der Waals surface area contributed by atoms with Gasteiger partial charge in [-0.15, -0.1) is 0 Å². The summed E-state index contributed by atoms with van der Waals surface area (Å²) in [5.41, 5.74) is 0. The van der Waals surface area contributed by atoms with Gasteiger partial charge >= 0.3 is 0 Å². The van der Waals surface area contributed by atoms with Crippen molar-refractivity contribution >= 4 is 17.3 Å². The van der Waals surface area contributed by atoms with Gasteiger partial charge in [-0.3, -0.25) is 0 Å². The van der Waals surface area contributed by atoms with Gasteiger partial charge in [-0.1, -0.05) is 0 Å². The van der Waals surface area contributed by atoms with Gasteiger partial charge in [0.25, 0.3) is 0 Å². The maximum Gasteiger partial charge on any atom is 0.157 e. The second kappa shape index (κ2) is 3.50. The molecule has 0 spiro atoms. The van der Waals surface area contributed by atoms with Crippen LogP contribution in [-0.2, 0) is 9.47 Å². The Bertz CT molecular complexity index is 158. The molecule has 1 aliphatic rings. The third-order valence-corrected chi connectivity index (χ3v) is 1.95. The van der Waals surface area contributed by atoms with Crippen molar-refractivity contribution < 1.29 is 9.47 Å². The Morgan fingerprint density at radius 3 is 2.55 bits per heavy atom. The second-order valence-electron chi connectivity index (χ2n) is 3.04. The van der Waals surface area contributed by atoms with Gasteiger partial charge in [0.1, 0.15) is 6.10 Å².